The third-order valence-electron chi connectivity index (χ3n) is 2.80. The minimum absolute atomic E-state index is 0.539. The topological polar surface area (TPSA) is 68.0 Å². The van der Waals surface area contributed by atoms with E-state index in [0.29, 0.717) is 5.69 Å². The Bertz CT molecular complexity index is 575. The van der Waals surface area contributed by atoms with Crippen LogP contribution in [-0.4, -0.2) is 26.1 Å². The number of carboxylic acid groups (broad SMARTS) is 1. The summed E-state index contributed by atoms with van der Waals surface area (Å²) in [5, 5.41) is 17.0. The van der Waals surface area contributed by atoms with E-state index in [2.05, 4.69) is 26.2 Å². The van der Waals surface area contributed by atoms with Crippen molar-refractivity contribution in [3.8, 4) is 5.69 Å². The SMILES string of the molecule is CC(C)(C(=O)O)c1cnnn1-c1ccc(Br)cc1. The average molecular weight is 310 g/mol. The minimum Gasteiger partial charge on any atom is -0.481 e. The van der Waals surface area contributed by atoms with Crippen LogP contribution in [0.25, 0.3) is 5.69 Å². The van der Waals surface area contributed by atoms with Gasteiger partial charge in [0.15, 0.2) is 0 Å². The zero-order chi connectivity index (χ0) is 13.3. The smallest absolute Gasteiger partial charge is 0.315 e. The van der Waals surface area contributed by atoms with Crippen molar-refractivity contribution in [1.82, 2.24) is 15.0 Å². The Morgan fingerprint density at radius 2 is 1.94 bits per heavy atom. The molecule has 0 amide bonds. The van der Waals surface area contributed by atoms with Crippen molar-refractivity contribution in [3.05, 3.63) is 40.6 Å². The van der Waals surface area contributed by atoms with Gasteiger partial charge in [0.05, 0.1) is 17.6 Å². The second kappa shape index (κ2) is 4.53. The molecule has 0 bridgehead atoms. The van der Waals surface area contributed by atoms with Crippen LogP contribution >= 0.6 is 15.9 Å². The van der Waals surface area contributed by atoms with E-state index in [9.17, 15) is 9.90 Å². The molecular formula is C12H12BrN3O2. The molecule has 1 N–H and O–H groups in total. The van der Waals surface area contributed by atoms with Gasteiger partial charge in [0.25, 0.3) is 0 Å². The van der Waals surface area contributed by atoms with Crippen molar-refractivity contribution in [1.29, 1.82) is 0 Å². The fourth-order valence-corrected chi connectivity index (χ4v) is 1.81. The second-order valence-electron chi connectivity index (χ2n) is 4.44. The van der Waals surface area contributed by atoms with Crippen molar-refractivity contribution in [2.45, 2.75) is 19.3 Å². The summed E-state index contributed by atoms with van der Waals surface area (Å²) in [7, 11) is 0. The van der Waals surface area contributed by atoms with Crippen molar-refractivity contribution in [2.24, 2.45) is 0 Å². The van der Waals surface area contributed by atoms with Crippen LogP contribution < -0.4 is 0 Å². The Morgan fingerprint density at radius 1 is 1.33 bits per heavy atom. The van der Waals surface area contributed by atoms with Gasteiger partial charge in [-0.2, -0.15) is 0 Å². The highest BCUT2D eigenvalue weighted by molar-refractivity contribution is 9.10. The Kier molecular flexibility index (Phi) is 3.21. The second-order valence-corrected chi connectivity index (χ2v) is 5.35. The molecule has 2 aromatic rings. The van der Waals surface area contributed by atoms with Crippen LogP contribution in [0.2, 0.25) is 0 Å². The van der Waals surface area contributed by atoms with Crippen LogP contribution in [0.3, 0.4) is 0 Å². The summed E-state index contributed by atoms with van der Waals surface area (Å²) in [6.07, 6.45) is 1.48. The molecule has 0 saturated heterocycles. The van der Waals surface area contributed by atoms with E-state index in [0.717, 1.165) is 10.2 Å². The molecule has 1 aromatic heterocycles. The summed E-state index contributed by atoms with van der Waals surface area (Å²) in [5.74, 6) is -0.914. The monoisotopic (exact) mass is 309 g/mol. The number of hydrogen-bond donors (Lipinski definition) is 1. The van der Waals surface area contributed by atoms with E-state index in [1.54, 1.807) is 18.5 Å². The lowest BCUT2D eigenvalue weighted by atomic mass is 9.90. The molecule has 0 aliphatic rings. The number of aromatic nitrogens is 3. The summed E-state index contributed by atoms with van der Waals surface area (Å²) in [6, 6.07) is 7.43. The standard InChI is InChI=1S/C12H12BrN3O2/c1-12(2,11(17)18)10-7-14-15-16(10)9-5-3-8(13)4-6-9/h3-7H,1-2H3,(H,17,18). The maximum atomic E-state index is 11.3. The number of hydrogen-bond acceptors (Lipinski definition) is 3. The average Bonchev–Trinajstić information content (AvgIpc) is 2.79. The number of aliphatic carboxylic acids is 1. The summed E-state index contributed by atoms with van der Waals surface area (Å²) in [5.41, 5.74) is 0.272. The molecule has 18 heavy (non-hydrogen) atoms. The molecule has 5 nitrogen and oxygen atoms in total. The molecule has 1 heterocycles. The van der Waals surface area contributed by atoms with E-state index in [4.69, 9.17) is 0 Å². The first-order valence-electron chi connectivity index (χ1n) is 5.33. The number of carbonyl (C=O) groups is 1. The van der Waals surface area contributed by atoms with E-state index in [-0.39, 0.29) is 0 Å². The molecule has 6 heteroatoms. The summed E-state index contributed by atoms with van der Waals surface area (Å²) >= 11 is 3.35. The molecule has 0 aliphatic carbocycles. The van der Waals surface area contributed by atoms with Gasteiger partial charge in [-0.15, -0.1) is 5.10 Å². The van der Waals surface area contributed by atoms with Crippen molar-refractivity contribution in [2.75, 3.05) is 0 Å². The normalized spacial score (nSPS) is 11.5. The number of rotatable bonds is 3. The summed E-state index contributed by atoms with van der Waals surface area (Å²) < 4.78 is 2.49. The molecule has 1 aromatic carbocycles. The van der Waals surface area contributed by atoms with E-state index >= 15 is 0 Å². The van der Waals surface area contributed by atoms with Crippen molar-refractivity contribution in [3.63, 3.8) is 0 Å². The molecule has 2 rings (SSSR count). The molecule has 0 fully saturated rings. The Morgan fingerprint density at radius 3 is 2.50 bits per heavy atom. The largest absolute Gasteiger partial charge is 0.481 e. The highest BCUT2D eigenvalue weighted by Crippen LogP contribution is 2.25. The highest BCUT2D eigenvalue weighted by atomic mass is 79.9. The van der Waals surface area contributed by atoms with Gasteiger partial charge in [-0.25, -0.2) is 4.68 Å². The predicted molar refractivity (Wildman–Crippen MR) is 69.7 cm³/mol. The van der Waals surface area contributed by atoms with Crippen LogP contribution in [0, 0.1) is 0 Å². The van der Waals surface area contributed by atoms with Gasteiger partial charge in [-0.05, 0) is 38.1 Å². The lowest BCUT2D eigenvalue weighted by molar-refractivity contribution is -0.142. The van der Waals surface area contributed by atoms with Gasteiger partial charge in [0, 0.05) is 4.47 Å². The van der Waals surface area contributed by atoms with Gasteiger partial charge in [0.1, 0.15) is 5.41 Å². The van der Waals surface area contributed by atoms with Crippen LogP contribution in [0.1, 0.15) is 19.5 Å². The maximum Gasteiger partial charge on any atom is 0.315 e. The fourth-order valence-electron chi connectivity index (χ4n) is 1.54. The zero-order valence-corrected chi connectivity index (χ0v) is 11.5. The third kappa shape index (κ3) is 2.15. The first-order chi connectivity index (χ1) is 8.43. The third-order valence-corrected chi connectivity index (χ3v) is 3.32. The summed E-state index contributed by atoms with van der Waals surface area (Å²) in [4.78, 5) is 11.3. The first kappa shape index (κ1) is 12.8. The van der Waals surface area contributed by atoms with E-state index in [1.165, 1.54) is 6.20 Å². The van der Waals surface area contributed by atoms with Gasteiger partial charge in [0.2, 0.25) is 0 Å². The van der Waals surface area contributed by atoms with Crippen LogP contribution in [-0.2, 0) is 10.2 Å². The molecule has 0 saturated carbocycles. The fraction of sp³-hybridized carbons (Fsp3) is 0.250. The maximum absolute atomic E-state index is 11.3. The molecule has 0 aliphatic heterocycles. The summed E-state index contributed by atoms with van der Waals surface area (Å²) in [6.45, 7) is 3.26. The molecule has 0 radical (unpaired) electrons. The van der Waals surface area contributed by atoms with Gasteiger partial charge in [-0.3, -0.25) is 4.79 Å². The zero-order valence-electron chi connectivity index (χ0n) is 9.96. The Labute approximate surface area is 113 Å². The van der Waals surface area contributed by atoms with Crippen LogP contribution in [0.5, 0.6) is 0 Å². The van der Waals surface area contributed by atoms with E-state index in [1.807, 2.05) is 24.3 Å². The minimum atomic E-state index is -1.05. The quantitative estimate of drug-likeness (QED) is 0.945. The van der Waals surface area contributed by atoms with Crippen molar-refractivity contribution < 1.29 is 9.90 Å². The predicted octanol–water partition coefficient (Wildman–Crippen LogP) is 2.39. The van der Waals surface area contributed by atoms with Gasteiger partial charge in [-0.1, -0.05) is 21.1 Å². The molecule has 94 valence electrons. The van der Waals surface area contributed by atoms with Crippen LogP contribution in [0.4, 0.5) is 0 Å². The lowest BCUT2D eigenvalue weighted by Gasteiger charge is -2.19. The Hall–Kier alpha value is -1.69. The molecule has 0 spiro atoms. The lowest BCUT2D eigenvalue weighted by Crippen LogP contribution is -2.31. The highest BCUT2D eigenvalue weighted by Gasteiger charge is 2.33. The Balaban J connectivity index is 2.52. The van der Waals surface area contributed by atoms with E-state index < -0.39 is 11.4 Å². The number of halogens is 1. The van der Waals surface area contributed by atoms with Gasteiger partial charge < -0.3 is 5.11 Å². The van der Waals surface area contributed by atoms with Crippen molar-refractivity contribution >= 4 is 21.9 Å². The van der Waals surface area contributed by atoms with Crippen LogP contribution in [0.15, 0.2) is 34.9 Å². The number of carboxylic acids is 1. The molecular weight excluding hydrogens is 298 g/mol. The number of benzene rings is 1. The number of nitrogens with zero attached hydrogens (tertiary/aromatic N) is 3. The van der Waals surface area contributed by atoms with Gasteiger partial charge >= 0.3 is 5.97 Å². The molecule has 0 atom stereocenters. The first-order valence-corrected chi connectivity index (χ1v) is 6.13. The molecule has 0 unspecified atom stereocenters.